The molecule has 6 nitrogen and oxygen atoms in total. The Kier molecular flexibility index (Phi) is 4.15. The van der Waals surface area contributed by atoms with Crippen LogP contribution in [0.1, 0.15) is 44.5 Å². The highest BCUT2D eigenvalue weighted by Crippen LogP contribution is 2.48. The van der Waals surface area contributed by atoms with Crippen LogP contribution in [0.5, 0.6) is 5.75 Å². The van der Waals surface area contributed by atoms with E-state index in [4.69, 9.17) is 0 Å². The van der Waals surface area contributed by atoms with E-state index in [1.54, 1.807) is 18.6 Å². The van der Waals surface area contributed by atoms with E-state index < -0.39 is 0 Å². The normalized spacial score (nSPS) is 28.6. The van der Waals surface area contributed by atoms with Gasteiger partial charge in [0.25, 0.3) is 0 Å². The fraction of sp³-hybridized carbons (Fsp3) is 0.409. The number of allylic oxidation sites excluding steroid dienone is 1. The summed E-state index contributed by atoms with van der Waals surface area (Å²) in [6, 6.07) is 5.54. The summed E-state index contributed by atoms with van der Waals surface area (Å²) in [7, 11) is 0. The number of phenols is 1. The zero-order valence-corrected chi connectivity index (χ0v) is 17.5. The molecular weight excluding hydrogens is 382 g/mol. The average Bonchev–Trinajstić information content (AvgIpc) is 3.41. The van der Waals surface area contributed by atoms with E-state index in [0.29, 0.717) is 16.5 Å². The molecule has 0 saturated carbocycles. The number of phenolic OH excluding ortho intramolecular Hbond substituents is 1. The lowest BCUT2D eigenvalue weighted by Gasteiger charge is -2.42. The van der Waals surface area contributed by atoms with Crippen molar-refractivity contribution in [3.05, 3.63) is 48.5 Å². The molecule has 1 aromatic carbocycles. The Bertz CT molecular complexity index is 1060. The largest absolute Gasteiger partial charge is 0.507 e. The molecule has 2 saturated heterocycles. The molecule has 2 aliphatic rings. The second-order valence-corrected chi connectivity index (χ2v) is 9.94. The van der Waals surface area contributed by atoms with Gasteiger partial charge in [-0.3, -0.25) is 0 Å². The van der Waals surface area contributed by atoms with Crippen LogP contribution >= 0.6 is 11.3 Å². The highest BCUT2D eigenvalue weighted by atomic mass is 32.1. The molecule has 29 heavy (non-hydrogen) atoms. The van der Waals surface area contributed by atoms with Gasteiger partial charge in [-0.05, 0) is 63.2 Å². The van der Waals surface area contributed by atoms with Crippen LogP contribution in [0.4, 0.5) is 0 Å². The summed E-state index contributed by atoms with van der Waals surface area (Å²) in [6.45, 7) is 9.04. The number of imidazole rings is 1. The quantitative estimate of drug-likeness (QED) is 0.670. The molecular formula is C22H25N5OS. The predicted octanol–water partition coefficient (Wildman–Crippen LogP) is 4.42. The Morgan fingerprint density at radius 2 is 2.00 bits per heavy atom. The van der Waals surface area contributed by atoms with Crippen molar-refractivity contribution in [2.45, 2.75) is 50.6 Å². The molecule has 3 atom stereocenters. The van der Waals surface area contributed by atoms with Gasteiger partial charge >= 0.3 is 0 Å². The first-order valence-electron chi connectivity index (χ1n) is 9.98. The highest BCUT2D eigenvalue weighted by molar-refractivity contribution is 7.15. The van der Waals surface area contributed by atoms with Crippen molar-refractivity contribution in [3.8, 4) is 22.0 Å². The molecule has 0 amide bonds. The predicted molar refractivity (Wildman–Crippen MR) is 115 cm³/mol. The summed E-state index contributed by atoms with van der Waals surface area (Å²) < 4.78 is 1.85. The summed E-state index contributed by atoms with van der Waals surface area (Å²) in [4.78, 5) is 4.05. The Balaban J connectivity index is 1.39. The van der Waals surface area contributed by atoms with Crippen molar-refractivity contribution in [2.24, 2.45) is 5.92 Å². The maximum absolute atomic E-state index is 10.6. The Morgan fingerprint density at radius 1 is 1.24 bits per heavy atom. The smallest absolute Gasteiger partial charge is 0.151 e. The number of fused-ring (bicyclic) bond motifs is 2. The maximum atomic E-state index is 10.6. The first kappa shape index (κ1) is 18.5. The van der Waals surface area contributed by atoms with E-state index in [-0.39, 0.29) is 16.8 Å². The lowest BCUT2D eigenvalue weighted by Crippen LogP contribution is -2.53. The van der Waals surface area contributed by atoms with Crippen LogP contribution in [0.3, 0.4) is 0 Å². The Morgan fingerprint density at radius 3 is 2.66 bits per heavy atom. The van der Waals surface area contributed by atoms with E-state index in [2.05, 4.69) is 40.9 Å². The zero-order valence-electron chi connectivity index (χ0n) is 16.7. The number of benzene rings is 1. The van der Waals surface area contributed by atoms with E-state index in [1.807, 2.05) is 22.9 Å². The highest BCUT2D eigenvalue weighted by Gasteiger charge is 2.49. The zero-order chi connectivity index (χ0) is 20.2. The van der Waals surface area contributed by atoms with E-state index in [9.17, 15) is 5.11 Å². The van der Waals surface area contributed by atoms with Crippen molar-refractivity contribution < 1.29 is 5.11 Å². The second kappa shape index (κ2) is 6.50. The summed E-state index contributed by atoms with van der Waals surface area (Å²) in [5.41, 5.74) is 2.99. The number of hydrogen-bond donors (Lipinski definition) is 2. The van der Waals surface area contributed by atoms with Crippen LogP contribution in [0.15, 0.2) is 43.5 Å². The molecule has 2 bridgehead atoms. The van der Waals surface area contributed by atoms with Crippen molar-refractivity contribution in [1.82, 2.24) is 25.1 Å². The Hall–Kier alpha value is -2.51. The topological polar surface area (TPSA) is 75.9 Å². The van der Waals surface area contributed by atoms with Gasteiger partial charge in [0.15, 0.2) is 5.01 Å². The molecule has 150 valence electrons. The molecule has 2 N–H and O–H groups in total. The fourth-order valence-electron chi connectivity index (χ4n) is 5.03. The molecule has 2 fully saturated rings. The van der Waals surface area contributed by atoms with Crippen molar-refractivity contribution in [1.29, 1.82) is 0 Å². The molecule has 5 rings (SSSR count). The first-order valence-corrected chi connectivity index (χ1v) is 10.8. The molecule has 2 aliphatic heterocycles. The van der Waals surface area contributed by atoms with Crippen LogP contribution in [-0.4, -0.2) is 35.9 Å². The molecule has 2 aromatic heterocycles. The number of piperidine rings is 1. The lowest BCUT2D eigenvalue weighted by molar-refractivity contribution is 0.201. The van der Waals surface area contributed by atoms with Gasteiger partial charge in [-0.15, -0.1) is 10.2 Å². The van der Waals surface area contributed by atoms with Gasteiger partial charge in [0, 0.05) is 29.5 Å². The van der Waals surface area contributed by atoms with Gasteiger partial charge < -0.3 is 15.0 Å². The number of aromatic hydroxyl groups is 1. The van der Waals surface area contributed by atoms with Crippen molar-refractivity contribution in [3.63, 3.8) is 0 Å². The van der Waals surface area contributed by atoms with Crippen LogP contribution in [0, 0.1) is 5.92 Å². The molecule has 1 unspecified atom stereocenters. The third-order valence-corrected chi connectivity index (χ3v) is 7.46. The van der Waals surface area contributed by atoms with Crippen LogP contribution < -0.4 is 5.32 Å². The minimum atomic E-state index is 0.185. The number of hydrogen-bond acceptors (Lipinski definition) is 6. The number of nitrogens with one attached hydrogen (secondary N) is 1. The number of aromatic nitrogens is 4. The molecule has 0 radical (unpaired) electrons. The minimum absolute atomic E-state index is 0.185. The van der Waals surface area contributed by atoms with Gasteiger partial charge in [-0.2, -0.15) is 0 Å². The monoisotopic (exact) mass is 407 g/mol. The SMILES string of the molecule is C=C(c1nnc(-c2ccc(-n3ccnc3)cc2O)s1)C1C[C@]2(C)CC[C@](C)(C1)N2. The Labute approximate surface area is 174 Å². The summed E-state index contributed by atoms with van der Waals surface area (Å²) in [5.74, 6) is 0.594. The standard InChI is InChI=1S/C22H25N5OS/c1-14(15-11-21(2)6-7-22(3,12-15)26-21)19-24-25-20(29-19)17-5-4-16(10-18(17)28)27-9-8-23-13-27/h4-5,8-10,13,15,26,28H,1,6-7,11-12H2,2-3H3/t15?,21-,22+. The molecule has 0 aliphatic carbocycles. The second-order valence-electron chi connectivity index (χ2n) is 8.96. The third-order valence-electron chi connectivity index (χ3n) is 6.43. The number of nitrogens with zero attached hydrogens (tertiary/aromatic N) is 4. The lowest BCUT2D eigenvalue weighted by atomic mass is 9.77. The summed E-state index contributed by atoms with van der Waals surface area (Å²) in [6.07, 6.45) is 9.85. The summed E-state index contributed by atoms with van der Waals surface area (Å²) >= 11 is 1.50. The van der Waals surface area contributed by atoms with E-state index in [1.165, 1.54) is 24.2 Å². The molecule has 0 spiro atoms. The number of rotatable bonds is 4. The van der Waals surface area contributed by atoms with Gasteiger partial charge in [-0.1, -0.05) is 17.9 Å². The van der Waals surface area contributed by atoms with Gasteiger partial charge in [0.2, 0.25) is 0 Å². The first-order chi connectivity index (χ1) is 13.8. The van der Waals surface area contributed by atoms with Gasteiger partial charge in [0.1, 0.15) is 10.8 Å². The van der Waals surface area contributed by atoms with Crippen LogP contribution in [0.2, 0.25) is 0 Å². The van der Waals surface area contributed by atoms with Crippen LogP contribution in [-0.2, 0) is 0 Å². The maximum Gasteiger partial charge on any atom is 0.151 e. The molecule has 7 heteroatoms. The van der Waals surface area contributed by atoms with Crippen molar-refractivity contribution in [2.75, 3.05) is 0 Å². The van der Waals surface area contributed by atoms with E-state index in [0.717, 1.165) is 29.1 Å². The van der Waals surface area contributed by atoms with Gasteiger partial charge in [-0.25, -0.2) is 4.98 Å². The minimum Gasteiger partial charge on any atom is -0.507 e. The molecule has 3 aromatic rings. The van der Waals surface area contributed by atoms with Crippen molar-refractivity contribution >= 4 is 16.9 Å². The summed E-state index contributed by atoms with van der Waals surface area (Å²) in [5, 5.41) is 24.7. The average molecular weight is 408 g/mol. The fourth-order valence-corrected chi connectivity index (χ4v) is 5.95. The van der Waals surface area contributed by atoms with Gasteiger partial charge in [0.05, 0.1) is 17.6 Å². The third kappa shape index (κ3) is 3.28. The molecule has 4 heterocycles. The van der Waals surface area contributed by atoms with E-state index >= 15 is 0 Å². The van der Waals surface area contributed by atoms with Crippen LogP contribution in [0.25, 0.3) is 21.8 Å².